The minimum Gasteiger partial charge on any atom is -0.206 e. The zero-order valence-corrected chi connectivity index (χ0v) is 13.7. The van der Waals surface area contributed by atoms with Gasteiger partial charge in [-0.1, -0.05) is 13.8 Å². The fraction of sp³-hybridized carbons (Fsp3) is 0.636. The molecule has 1 aromatic rings. The van der Waals surface area contributed by atoms with E-state index in [4.69, 9.17) is 0 Å². The van der Waals surface area contributed by atoms with Crippen LogP contribution in [-0.4, -0.2) is 25.3 Å². The molecule has 3 nitrogen and oxygen atoms in total. The molecule has 1 aromatic heterocycles. The first-order chi connectivity index (χ1) is 7.75. The number of nitrogens with zero attached hydrogens (tertiary/aromatic N) is 1. The monoisotopic (exact) mass is 339 g/mol. The molecular formula is C11H18BrNO2S2. The van der Waals surface area contributed by atoms with Crippen LogP contribution in [0.5, 0.6) is 0 Å². The van der Waals surface area contributed by atoms with Gasteiger partial charge in [0.1, 0.15) is 4.21 Å². The van der Waals surface area contributed by atoms with E-state index < -0.39 is 10.0 Å². The third-order valence-electron chi connectivity index (χ3n) is 2.23. The molecule has 1 heterocycles. The smallest absolute Gasteiger partial charge is 0.206 e. The van der Waals surface area contributed by atoms with E-state index in [1.54, 1.807) is 16.4 Å². The Morgan fingerprint density at radius 2 is 1.88 bits per heavy atom. The molecule has 0 amide bonds. The highest BCUT2D eigenvalue weighted by Crippen LogP contribution is 2.29. The molecular weight excluding hydrogens is 322 g/mol. The van der Waals surface area contributed by atoms with Crippen LogP contribution >= 0.6 is 27.3 Å². The van der Waals surface area contributed by atoms with Gasteiger partial charge in [0.25, 0.3) is 10.0 Å². The number of halogens is 1. The second kappa shape index (κ2) is 5.82. The summed E-state index contributed by atoms with van der Waals surface area (Å²) >= 11 is 4.55. The molecule has 98 valence electrons. The molecule has 0 radical (unpaired) electrons. The van der Waals surface area contributed by atoms with Crippen LogP contribution in [0.1, 0.15) is 27.7 Å². The summed E-state index contributed by atoms with van der Waals surface area (Å²) in [4.78, 5) is 0. The summed E-state index contributed by atoms with van der Waals surface area (Å²) < 4.78 is 27.7. The van der Waals surface area contributed by atoms with E-state index in [9.17, 15) is 8.42 Å². The van der Waals surface area contributed by atoms with E-state index in [1.807, 2.05) is 27.7 Å². The van der Waals surface area contributed by atoms with E-state index in [0.717, 1.165) is 3.79 Å². The lowest BCUT2D eigenvalue weighted by molar-refractivity contribution is 0.319. The van der Waals surface area contributed by atoms with Crippen LogP contribution in [0.25, 0.3) is 0 Å². The Balaban J connectivity index is 3.09. The van der Waals surface area contributed by atoms with Crippen molar-refractivity contribution in [3.05, 3.63) is 15.9 Å². The molecule has 0 aliphatic rings. The molecule has 0 saturated carbocycles. The Morgan fingerprint density at radius 3 is 2.24 bits per heavy atom. The maximum atomic E-state index is 12.4. The second-order valence-corrected chi connectivity index (χ2v) is 9.20. The Labute approximate surface area is 116 Å². The molecule has 0 bridgehead atoms. The molecule has 17 heavy (non-hydrogen) atoms. The van der Waals surface area contributed by atoms with E-state index in [2.05, 4.69) is 15.9 Å². The van der Waals surface area contributed by atoms with E-state index in [0.29, 0.717) is 16.7 Å². The van der Waals surface area contributed by atoms with Gasteiger partial charge in [0, 0.05) is 12.6 Å². The maximum Gasteiger partial charge on any atom is 0.252 e. The van der Waals surface area contributed by atoms with E-state index >= 15 is 0 Å². The van der Waals surface area contributed by atoms with Gasteiger partial charge in [-0.05, 0) is 47.8 Å². The average Bonchev–Trinajstić information content (AvgIpc) is 2.61. The normalized spacial score (nSPS) is 12.9. The van der Waals surface area contributed by atoms with Crippen LogP contribution in [0.3, 0.4) is 0 Å². The van der Waals surface area contributed by atoms with Crippen molar-refractivity contribution in [2.24, 2.45) is 5.92 Å². The van der Waals surface area contributed by atoms with Crippen LogP contribution in [0.4, 0.5) is 0 Å². The molecule has 6 heteroatoms. The van der Waals surface area contributed by atoms with Crippen molar-refractivity contribution < 1.29 is 8.42 Å². The molecule has 0 atom stereocenters. The summed E-state index contributed by atoms with van der Waals surface area (Å²) in [6, 6.07) is 3.40. The first-order valence-corrected chi connectivity index (χ1v) is 8.57. The van der Waals surface area contributed by atoms with Crippen LogP contribution in [0, 0.1) is 5.92 Å². The predicted molar refractivity (Wildman–Crippen MR) is 75.9 cm³/mol. The Hall–Kier alpha value is 0.0900. The minimum atomic E-state index is -3.35. The van der Waals surface area contributed by atoms with Gasteiger partial charge in [-0.25, -0.2) is 8.42 Å². The zero-order chi connectivity index (χ0) is 13.2. The van der Waals surface area contributed by atoms with Crippen molar-refractivity contribution in [2.75, 3.05) is 6.54 Å². The standard InChI is InChI=1S/C11H18BrNO2S2/c1-8(2)7-13(9(3)4)17(14,15)11-6-5-10(12)16-11/h5-6,8-9H,7H2,1-4H3. The lowest BCUT2D eigenvalue weighted by Gasteiger charge is -2.26. The first-order valence-electron chi connectivity index (χ1n) is 5.52. The summed E-state index contributed by atoms with van der Waals surface area (Å²) in [5.41, 5.74) is 0. The summed E-state index contributed by atoms with van der Waals surface area (Å²) in [5.74, 6) is 0.315. The highest BCUT2D eigenvalue weighted by molar-refractivity contribution is 9.11. The van der Waals surface area contributed by atoms with Crippen LogP contribution in [-0.2, 0) is 10.0 Å². The van der Waals surface area contributed by atoms with Crippen LogP contribution < -0.4 is 0 Å². The molecule has 0 aliphatic carbocycles. The Kier molecular flexibility index (Phi) is 5.19. The number of thiophene rings is 1. The van der Waals surface area contributed by atoms with Gasteiger partial charge in [-0.3, -0.25) is 0 Å². The maximum absolute atomic E-state index is 12.4. The highest BCUT2D eigenvalue weighted by Gasteiger charge is 2.28. The van der Waals surface area contributed by atoms with Crippen LogP contribution in [0.2, 0.25) is 0 Å². The lowest BCUT2D eigenvalue weighted by Crippen LogP contribution is -2.39. The second-order valence-electron chi connectivity index (χ2n) is 4.62. The van der Waals surface area contributed by atoms with Crippen molar-refractivity contribution in [1.82, 2.24) is 4.31 Å². The van der Waals surface area contributed by atoms with Crippen molar-refractivity contribution in [3.8, 4) is 0 Å². The third kappa shape index (κ3) is 3.77. The lowest BCUT2D eigenvalue weighted by atomic mass is 10.2. The van der Waals surface area contributed by atoms with Gasteiger partial charge in [0.2, 0.25) is 0 Å². The molecule has 0 saturated heterocycles. The molecule has 0 unspecified atom stereocenters. The van der Waals surface area contributed by atoms with Gasteiger partial charge < -0.3 is 0 Å². The predicted octanol–water partition coefficient (Wildman–Crippen LogP) is 3.57. The summed E-state index contributed by atoms with van der Waals surface area (Å²) in [6.45, 7) is 8.41. The molecule has 0 aromatic carbocycles. The van der Waals surface area contributed by atoms with Gasteiger partial charge in [-0.15, -0.1) is 11.3 Å². The number of hydrogen-bond acceptors (Lipinski definition) is 3. The SMILES string of the molecule is CC(C)CN(C(C)C)S(=O)(=O)c1ccc(Br)s1. The molecule has 0 spiro atoms. The van der Waals surface area contributed by atoms with Gasteiger partial charge >= 0.3 is 0 Å². The summed E-state index contributed by atoms with van der Waals surface area (Å²) in [5, 5.41) is 0. The zero-order valence-electron chi connectivity index (χ0n) is 10.5. The molecule has 0 aliphatic heterocycles. The van der Waals surface area contributed by atoms with Gasteiger partial charge in [0.15, 0.2) is 0 Å². The van der Waals surface area contributed by atoms with Crippen molar-refractivity contribution >= 4 is 37.3 Å². The largest absolute Gasteiger partial charge is 0.252 e. The average molecular weight is 340 g/mol. The van der Waals surface area contributed by atoms with Crippen molar-refractivity contribution in [3.63, 3.8) is 0 Å². The fourth-order valence-electron chi connectivity index (χ4n) is 1.50. The Morgan fingerprint density at radius 1 is 1.29 bits per heavy atom. The number of hydrogen-bond donors (Lipinski definition) is 0. The number of sulfonamides is 1. The summed E-state index contributed by atoms with van der Waals surface area (Å²) in [6.07, 6.45) is 0. The quantitative estimate of drug-likeness (QED) is 0.822. The van der Waals surface area contributed by atoms with Gasteiger partial charge in [-0.2, -0.15) is 4.31 Å². The van der Waals surface area contributed by atoms with Crippen molar-refractivity contribution in [2.45, 2.75) is 37.9 Å². The number of rotatable bonds is 5. The fourth-order valence-corrected chi connectivity index (χ4v) is 5.44. The van der Waals surface area contributed by atoms with Crippen molar-refractivity contribution in [1.29, 1.82) is 0 Å². The first kappa shape index (κ1) is 15.1. The highest BCUT2D eigenvalue weighted by atomic mass is 79.9. The summed E-state index contributed by atoms with van der Waals surface area (Å²) in [7, 11) is -3.35. The molecule has 1 rings (SSSR count). The van der Waals surface area contributed by atoms with Crippen LogP contribution in [0.15, 0.2) is 20.1 Å². The van der Waals surface area contributed by atoms with E-state index in [-0.39, 0.29) is 6.04 Å². The topological polar surface area (TPSA) is 37.4 Å². The van der Waals surface area contributed by atoms with Gasteiger partial charge in [0.05, 0.1) is 3.79 Å². The Bertz CT molecular complexity index is 466. The molecule has 0 fully saturated rings. The molecule has 0 N–H and O–H groups in total. The van der Waals surface area contributed by atoms with E-state index in [1.165, 1.54) is 11.3 Å². The third-order valence-corrected chi connectivity index (χ3v) is 6.37. The minimum absolute atomic E-state index is 0.0247.